The Morgan fingerprint density at radius 2 is 1.64 bits per heavy atom. The predicted octanol–water partition coefficient (Wildman–Crippen LogP) is 1.62. The Hall–Kier alpha value is -1.88. The van der Waals surface area contributed by atoms with E-state index in [1.54, 1.807) is 0 Å². The van der Waals surface area contributed by atoms with E-state index in [9.17, 15) is 9.59 Å². The maximum absolute atomic E-state index is 11.8. The Morgan fingerprint density at radius 1 is 1.00 bits per heavy atom. The molecule has 3 N–H and O–H groups in total. The van der Waals surface area contributed by atoms with Gasteiger partial charge in [-0.25, -0.2) is 0 Å². The maximum atomic E-state index is 11.8. The first-order valence-electron chi connectivity index (χ1n) is 7.86. The topological polar surface area (TPSA) is 70.2 Å². The third kappa shape index (κ3) is 6.72. The summed E-state index contributed by atoms with van der Waals surface area (Å²) in [4.78, 5) is 23.3. The van der Waals surface area contributed by atoms with Gasteiger partial charge in [0.05, 0.1) is 13.1 Å². The summed E-state index contributed by atoms with van der Waals surface area (Å²) in [6, 6.07) is 10.2. The summed E-state index contributed by atoms with van der Waals surface area (Å²) in [5, 5.41) is 8.60. The minimum atomic E-state index is -0.173. The smallest absolute Gasteiger partial charge is 0.239 e. The molecule has 0 saturated heterocycles. The van der Waals surface area contributed by atoms with Crippen molar-refractivity contribution in [3.8, 4) is 0 Å². The van der Waals surface area contributed by atoms with E-state index in [1.807, 2.05) is 37.3 Å². The van der Waals surface area contributed by atoms with E-state index in [4.69, 9.17) is 0 Å². The lowest BCUT2D eigenvalue weighted by Crippen LogP contribution is -2.42. The van der Waals surface area contributed by atoms with Gasteiger partial charge >= 0.3 is 0 Å². The molecule has 1 aromatic carbocycles. The third-order valence-electron chi connectivity index (χ3n) is 3.33. The zero-order valence-electron chi connectivity index (χ0n) is 13.7. The van der Waals surface area contributed by atoms with E-state index < -0.39 is 0 Å². The zero-order valence-corrected chi connectivity index (χ0v) is 13.7. The molecule has 0 aliphatic rings. The molecule has 122 valence electrons. The number of rotatable bonds is 9. The second-order valence-electron chi connectivity index (χ2n) is 5.64. The van der Waals surface area contributed by atoms with Crippen LogP contribution >= 0.6 is 0 Å². The van der Waals surface area contributed by atoms with E-state index in [-0.39, 0.29) is 30.9 Å². The molecule has 0 heterocycles. The standard InChI is InChI=1S/C17H27N3O2/c1-4-10-18-15(21)11-19-16(22)12-20-17(13(2)3)14-8-6-5-7-9-14/h5-9,13,17,20H,4,10-12H2,1-3H3,(H,18,21)(H,19,22)/t17-/m1/s1. The number of nitrogens with one attached hydrogen (secondary N) is 3. The van der Waals surface area contributed by atoms with Gasteiger partial charge in [0.25, 0.3) is 0 Å². The average Bonchev–Trinajstić information content (AvgIpc) is 2.51. The number of amides is 2. The van der Waals surface area contributed by atoms with Crippen LogP contribution in [0.5, 0.6) is 0 Å². The monoisotopic (exact) mass is 305 g/mol. The summed E-state index contributed by atoms with van der Waals surface area (Å²) in [6.07, 6.45) is 0.883. The normalized spacial score (nSPS) is 12.0. The van der Waals surface area contributed by atoms with Crippen molar-refractivity contribution >= 4 is 11.8 Å². The van der Waals surface area contributed by atoms with Gasteiger partial charge in [-0.1, -0.05) is 51.1 Å². The van der Waals surface area contributed by atoms with Gasteiger partial charge in [0.2, 0.25) is 11.8 Å². The van der Waals surface area contributed by atoms with Crippen LogP contribution in [0.1, 0.15) is 38.8 Å². The molecule has 1 atom stereocenters. The molecular formula is C17H27N3O2. The fourth-order valence-electron chi connectivity index (χ4n) is 2.17. The summed E-state index contributed by atoms with van der Waals surface area (Å²) in [5.74, 6) is 0.0370. The number of carbonyl (C=O) groups is 2. The molecule has 0 saturated carbocycles. The zero-order chi connectivity index (χ0) is 16.4. The van der Waals surface area contributed by atoms with Gasteiger partial charge in [-0.3, -0.25) is 9.59 Å². The van der Waals surface area contributed by atoms with Crippen LogP contribution in [0.3, 0.4) is 0 Å². The van der Waals surface area contributed by atoms with Gasteiger partial charge in [-0.05, 0) is 17.9 Å². The van der Waals surface area contributed by atoms with E-state index in [2.05, 4.69) is 29.8 Å². The van der Waals surface area contributed by atoms with Gasteiger partial charge < -0.3 is 16.0 Å². The lowest BCUT2D eigenvalue weighted by molar-refractivity contribution is -0.125. The van der Waals surface area contributed by atoms with Crippen molar-refractivity contribution < 1.29 is 9.59 Å². The molecule has 5 nitrogen and oxygen atoms in total. The quantitative estimate of drug-likeness (QED) is 0.649. The summed E-state index contributed by atoms with van der Waals surface area (Å²) in [6.45, 7) is 7.06. The molecule has 0 aliphatic carbocycles. The maximum Gasteiger partial charge on any atom is 0.239 e. The minimum absolute atomic E-state index is 0.0260. The molecule has 0 spiro atoms. The second kappa shape index (κ2) is 9.95. The van der Waals surface area contributed by atoms with Crippen molar-refractivity contribution in [1.82, 2.24) is 16.0 Å². The van der Waals surface area contributed by atoms with Crippen LogP contribution in [0.25, 0.3) is 0 Å². The van der Waals surface area contributed by atoms with Crippen LogP contribution in [0.2, 0.25) is 0 Å². The van der Waals surface area contributed by atoms with Gasteiger partial charge in [-0.15, -0.1) is 0 Å². The number of hydrogen-bond donors (Lipinski definition) is 3. The molecule has 0 fully saturated rings. The molecule has 2 amide bonds. The van der Waals surface area contributed by atoms with Gasteiger partial charge in [0.15, 0.2) is 0 Å². The molecule has 1 aromatic rings. The Kier molecular flexibility index (Phi) is 8.22. The lowest BCUT2D eigenvalue weighted by atomic mass is 9.96. The highest BCUT2D eigenvalue weighted by Gasteiger charge is 2.16. The number of carbonyl (C=O) groups excluding carboxylic acids is 2. The molecular weight excluding hydrogens is 278 g/mol. The predicted molar refractivity (Wildman–Crippen MR) is 88.3 cm³/mol. The summed E-state index contributed by atoms with van der Waals surface area (Å²) in [7, 11) is 0. The van der Waals surface area contributed by atoms with Crippen molar-refractivity contribution in [3.05, 3.63) is 35.9 Å². The highest BCUT2D eigenvalue weighted by atomic mass is 16.2. The first-order valence-corrected chi connectivity index (χ1v) is 7.86. The van der Waals surface area contributed by atoms with Crippen LogP contribution in [0.4, 0.5) is 0 Å². The van der Waals surface area contributed by atoms with Crippen molar-refractivity contribution in [2.24, 2.45) is 5.92 Å². The highest BCUT2D eigenvalue weighted by Crippen LogP contribution is 2.20. The van der Waals surface area contributed by atoms with Crippen molar-refractivity contribution in [3.63, 3.8) is 0 Å². The summed E-state index contributed by atoms with van der Waals surface area (Å²) >= 11 is 0. The first kappa shape index (κ1) is 18.2. The fraction of sp³-hybridized carbons (Fsp3) is 0.529. The number of benzene rings is 1. The van der Waals surface area contributed by atoms with E-state index in [1.165, 1.54) is 0 Å². The Bertz CT molecular complexity index is 460. The largest absolute Gasteiger partial charge is 0.355 e. The van der Waals surface area contributed by atoms with Crippen LogP contribution in [0, 0.1) is 5.92 Å². The Morgan fingerprint density at radius 3 is 2.23 bits per heavy atom. The van der Waals surface area contributed by atoms with Crippen molar-refractivity contribution in [2.75, 3.05) is 19.6 Å². The molecule has 0 bridgehead atoms. The van der Waals surface area contributed by atoms with Crippen LogP contribution < -0.4 is 16.0 Å². The molecule has 0 unspecified atom stereocenters. The third-order valence-corrected chi connectivity index (χ3v) is 3.33. The molecule has 1 rings (SSSR count). The Labute approximate surface area is 132 Å². The molecule has 0 aromatic heterocycles. The minimum Gasteiger partial charge on any atom is -0.355 e. The Balaban J connectivity index is 2.39. The van der Waals surface area contributed by atoms with Crippen molar-refractivity contribution in [2.45, 2.75) is 33.2 Å². The second-order valence-corrected chi connectivity index (χ2v) is 5.64. The SMILES string of the molecule is CCCNC(=O)CNC(=O)CN[C@@H](c1ccccc1)C(C)C. The molecule has 0 radical (unpaired) electrons. The molecule has 22 heavy (non-hydrogen) atoms. The van der Waals surface area contributed by atoms with Crippen molar-refractivity contribution in [1.29, 1.82) is 0 Å². The van der Waals surface area contributed by atoms with E-state index in [0.717, 1.165) is 12.0 Å². The summed E-state index contributed by atoms with van der Waals surface area (Å²) in [5.41, 5.74) is 1.16. The molecule has 0 aliphatic heterocycles. The van der Waals surface area contributed by atoms with Gasteiger partial charge in [0, 0.05) is 12.6 Å². The van der Waals surface area contributed by atoms with E-state index >= 15 is 0 Å². The van der Waals surface area contributed by atoms with Gasteiger partial charge in [0.1, 0.15) is 0 Å². The first-order chi connectivity index (χ1) is 10.5. The van der Waals surface area contributed by atoms with Crippen LogP contribution in [0.15, 0.2) is 30.3 Å². The average molecular weight is 305 g/mol. The number of hydrogen-bond acceptors (Lipinski definition) is 3. The summed E-state index contributed by atoms with van der Waals surface area (Å²) < 4.78 is 0. The fourth-order valence-corrected chi connectivity index (χ4v) is 2.17. The van der Waals surface area contributed by atoms with Crippen LogP contribution in [-0.2, 0) is 9.59 Å². The van der Waals surface area contributed by atoms with Gasteiger partial charge in [-0.2, -0.15) is 0 Å². The van der Waals surface area contributed by atoms with E-state index in [0.29, 0.717) is 12.5 Å². The molecule has 5 heteroatoms. The highest BCUT2D eigenvalue weighted by molar-refractivity contribution is 5.85. The van der Waals surface area contributed by atoms with Crippen LogP contribution in [-0.4, -0.2) is 31.4 Å². The lowest BCUT2D eigenvalue weighted by Gasteiger charge is -2.22.